The van der Waals surface area contributed by atoms with Gasteiger partial charge in [-0.3, -0.25) is 14.5 Å². The predicted octanol–water partition coefficient (Wildman–Crippen LogP) is 2.87. The van der Waals surface area contributed by atoms with Crippen molar-refractivity contribution in [3.05, 3.63) is 59.5 Å². The average Bonchev–Trinajstić information content (AvgIpc) is 2.99. The summed E-state index contributed by atoms with van der Waals surface area (Å²) in [6.07, 6.45) is 3.61. The zero-order valence-corrected chi connectivity index (χ0v) is 13.6. The van der Waals surface area contributed by atoms with Crippen molar-refractivity contribution in [3.8, 4) is 0 Å². The number of nitrogens with zero attached hydrogens (tertiary/aromatic N) is 3. The van der Waals surface area contributed by atoms with Crippen LogP contribution in [0.5, 0.6) is 0 Å². The molecule has 0 aliphatic rings. The van der Waals surface area contributed by atoms with Gasteiger partial charge in [-0.1, -0.05) is 11.6 Å². The molecular weight excluding hydrogens is 288 g/mol. The molecule has 0 bridgehead atoms. The molecule has 1 N–H and O–H groups in total. The molecule has 23 heavy (non-hydrogen) atoms. The third-order valence-electron chi connectivity index (χ3n) is 3.80. The number of benzene rings is 1. The number of nitrogens with one attached hydrogen (secondary N) is 1. The highest BCUT2D eigenvalue weighted by atomic mass is 16.1. The Bertz CT molecular complexity index is 840. The van der Waals surface area contributed by atoms with Gasteiger partial charge in [0.25, 0.3) is 5.91 Å². The van der Waals surface area contributed by atoms with Gasteiger partial charge < -0.3 is 5.32 Å². The molecule has 118 valence electrons. The summed E-state index contributed by atoms with van der Waals surface area (Å²) in [7, 11) is 0. The van der Waals surface area contributed by atoms with Crippen LogP contribution in [0, 0.1) is 13.8 Å². The number of carbonyl (C=O) groups excluding carboxylic acids is 1. The summed E-state index contributed by atoms with van der Waals surface area (Å²) in [5, 5.41) is 8.16. The molecule has 0 fully saturated rings. The van der Waals surface area contributed by atoms with Crippen LogP contribution < -0.4 is 5.32 Å². The van der Waals surface area contributed by atoms with Crippen molar-refractivity contribution in [2.24, 2.45) is 0 Å². The van der Waals surface area contributed by atoms with E-state index < -0.39 is 0 Å². The first-order valence-corrected chi connectivity index (χ1v) is 7.69. The third-order valence-corrected chi connectivity index (χ3v) is 3.80. The second-order valence-corrected chi connectivity index (χ2v) is 5.92. The second-order valence-electron chi connectivity index (χ2n) is 5.92. The van der Waals surface area contributed by atoms with E-state index in [2.05, 4.69) is 15.4 Å². The predicted molar refractivity (Wildman–Crippen MR) is 90.4 cm³/mol. The number of rotatable bonds is 4. The van der Waals surface area contributed by atoms with Crippen LogP contribution in [0.15, 0.2) is 42.7 Å². The highest BCUT2D eigenvalue weighted by Crippen LogP contribution is 2.18. The first kappa shape index (κ1) is 15.2. The Labute approximate surface area is 135 Å². The lowest BCUT2D eigenvalue weighted by molar-refractivity contribution is 0.0935. The number of hydrogen-bond acceptors (Lipinski definition) is 3. The van der Waals surface area contributed by atoms with Crippen molar-refractivity contribution < 1.29 is 4.79 Å². The number of amides is 1. The molecule has 1 atom stereocenters. The summed E-state index contributed by atoms with van der Waals surface area (Å²) in [6.45, 7) is 6.50. The maximum absolute atomic E-state index is 12.6. The molecule has 1 aromatic carbocycles. The zero-order chi connectivity index (χ0) is 16.4. The van der Waals surface area contributed by atoms with E-state index in [1.165, 1.54) is 0 Å². The Morgan fingerprint density at radius 2 is 2.13 bits per heavy atom. The van der Waals surface area contributed by atoms with Crippen LogP contribution in [0.2, 0.25) is 0 Å². The average molecular weight is 308 g/mol. The van der Waals surface area contributed by atoms with Crippen LogP contribution in [0.4, 0.5) is 0 Å². The van der Waals surface area contributed by atoms with Gasteiger partial charge >= 0.3 is 0 Å². The minimum atomic E-state index is -0.0990. The minimum absolute atomic E-state index is 0.0185. The monoisotopic (exact) mass is 308 g/mol. The summed E-state index contributed by atoms with van der Waals surface area (Å²) < 4.78 is 1.81. The topological polar surface area (TPSA) is 59.8 Å². The van der Waals surface area contributed by atoms with Crippen molar-refractivity contribution in [1.29, 1.82) is 0 Å². The molecule has 3 rings (SSSR count). The zero-order valence-electron chi connectivity index (χ0n) is 13.6. The van der Waals surface area contributed by atoms with Crippen LogP contribution in [-0.2, 0) is 6.54 Å². The largest absolute Gasteiger partial charge is 0.348 e. The van der Waals surface area contributed by atoms with Gasteiger partial charge in [-0.15, -0.1) is 0 Å². The quantitative estimate of drug-likeness (QED) is 0.806. The Hall–Kier alpha value is -2.69. The molecule has 2 heterocycles. The summed E-state index contributed by atoms with van der Waals surface area (Å²) in [5.41, 5.74) is 3.43. The van der Waals surface area contributed by atoms with E-state index >= 15 is 0 Å². The molecule has 5 nitrogen and oxygen atoms in total. The molecule has 0 aliphatic carbocycles. The fourth-order valence-corrected chi connectivity index (χ4v) is 2.66. The molecule has 3 aromatic rings. The fourth-order valence-electron chi connectivity index (χ4n) is 2.66. The second kappa shape index (κ2) is 6.20. The molecule has 0 saturated carbocycles. The highest BCUT2D eigenvalue weighted by Gasteiger charge is 2.14. The SMILES string of the molecule is Cc1ccc2nc(C)c(C(=O)N[C@@H](C)Cn3cccn3)cc2c1. The molecule has 2 aromatic heterocycles. The van der Waals surface area contributed by atoms with Crippen LogP contribution in [0.25, 0.3) is 10.9 Å². The molecule has 0 unspecified atom stereocenters. The highest BCUT2D eigenvalue weighted by molar-refractivity contribution is 5.98. The standard InChI is InChI=1S/C18H20N4O/c1-12-5-6-17-15(9-12)10-16(14(3)21-17)18(23)20-13(2)11-22-8-4-7-19-22/h4-10,13H,11H2,1-3H3,(H,20,23)/t13-/m0/s1. The number of aryl methyl sites for hydroxylation is 2. The number of hydrogen-bond donors (Lipinski definition) is 1. The molecule has 0 saturated heterocycles. The van der Waals surface area contributed by atoms with E-state index in [4.69, 9.17) is 0 Å². The third kappa shape index (κ3) is 3.39. The van der Waals surface area contributed by atoms with Crippen LogP contribution in [-0.4, -0.2) is 26.7 Å². The molecule has 1 amide bonds. The number of fused-ring (bicyclic) bond motifs is 1. The van der Waals surface area contributed by atoms with E-state index in [9.17, 15) is 4.79 Å². The lowest BCUT2D eigenvalue weighted by Gasteiger charge is -2.15. The number of pyridine rings is 1. The summed E-state index contributed by atoms with van der Waals surface area (Å²) in [6, 6.07) is 9.83. The lowest BCUT2D eigenvalue weighted by Crippen LogP contribution is -2.36. The fraction of sp³-hybridized carbons (Fsp3) is 0.278. The van der Waals surface area contributed by atoms with E-state index in [0.29, 0.717) is 12.1 Å². The summed E-state index contributed by atoms with van der Waals surface area (Å²) in [4.78, 5) is 17.1. The number of aromatic nitrogens is 3. The van der Waals surface area contributed by atoms with E-state index in [1.807, 2.05) is 57.3 Å². The molecular formula is C18H20N4O. The normalized spacial score (nSPS) is 12.3. The molecule has 5 heteroatoms. The summed E-state index contributed by atoms with van der Waals surface area (Å²) in [5.74, 6) is -0.0990. The smallest absolute Gasteiger partial charge is 0.253 e. The van der Waals surface area contributed by atoms with Gasteiger partial charge in [0.2, 0.25) is 0 Å². The van der Waals surface area contributed by atoms with Crippen LogP contribution in [0.1, 0.15) is 28.5 Å². The van der Waals surface area contributed by atoms with Gasteiger partial charge in [0, 0.05) is 23.8 Å². The first-order valence-electron chi connectivity index (χ1n) is 7.69. The first-order chi connectivity index (χ1) is 11.0. The Balaban J connectivity index is 1.81. The van der Waals surface area contributed by atoms with Gasteiger partial charge in [-0.05, 0) is 45.0 Å². The maximum atomic E-state index is 12.6. The Morgan fingerprint density at radius 1 is 1.30 bits per heavy atom. The van der Waals surface area contributed by atoms with Crippen molar-refractivity contribution >= 4 is 16.8 Å². The van der Waals surface area contributed by atoms with Gasteiger partial charge in [-0.2, -0.15) is 5.10 Å². The van der Waals surface area contributed by atoms with Crippen LogP contribution in [0.3, 0.4) is 0 Å². The van der Waals surface area contributed by atoms with Gasteiger partial charge in [0.1, 0.15) is 0 Å². The molecule has 0 aliphatic heterocycles. The minimum Gasteiger partial charge on any atom is -0.348 e. The number of carbonyl (C=O) groups is 1. The maximum Gasteiger partial charge on any atom is 0.253 e. The Morgan fingerprint density at radius 3 is 2.87 bits per heavy atom. The van der Waals surface area contributed by atoms with Crippen molar-refractivity contribution in [2.75, 3.05) is 0 Å². The lowest BCUT2D eigenvalue weighted by atomic mass is 10.1. The molecule has 0 radical (unpaired) electrons. The van der Waals surface area contributed by atoms with Gasteiger partial charge in [0.05, 0.1) is 23.3 Å². The van der Waals surface area contributed by atoms with Gasteiger partial charge in [0.15, 0.2) is 0 Å². The van der Waals surface area contributed by atoms with E-state index in [0.717, 1.165) is 22.2 Å². The molecule has 0 spiro atoms. The van der Waals surface area contributed by atoms with Gasteiger partial charge in [-0.25, -0.2) is 0 Å². The van der Waals surface area contributed by atoms with E-state index in [-0.39, 0.29) is 11.9 Å². The van der Waals surface area contributed by atoms with E-state index in [1.54, 1.807) is 10.9 Å². The van der Waals surface area contributed by atoms with Crippen molar-refractivity contribution in [2.45, 2.75) is 33.4 Å². The van der Waals surface area contributed by atoms with Crippen molar-refractivity contribution in [3.63, 3.8) is 0 Å². The summed E-state index contributed by atoms with van der Waals surface area (Å²) >= 11 is 0. The Kier molecular flexibility index (Phi) is 4.10. The van der Waals surface area contributed by atoms with Crippen LogP contribution >= 0.6 is 0 Å². The van der Waals surface area contributed by atoms with Crippen molar-refractivity contribution in [1.82, 2.24) is 20.1 Å².